The zero-order chi connectivity index (χ0) is 21.0. The number of hydrogen-bond acceptors (Lipinski definition) is 5. The number of sulfonamides is 1. The predicted molar refractivity (Wildman–Crippen MR) is 114 cm³/mol. The van der Waals surface area contributed by atoms with Gasteiger partial charge in [0.2, 0.25) is 15.9 Å². The second-order valence-electron chi connectivity index (χ2n) is 6.91. The first-order chi connectivity index (χ1) is 13.8. The molecule has 9 heteroatoms. The topological polar surface area (TPSA) is 108 Å². The summed E-state index contributed by atoms with van der Waals surface area (Å²) in [5, 5.41) is 5.38. The molecule has 2 aromatic carbocycles. The molecule has 2 aromatic rings. The van der Waals surface area contributed by atoms with Gasteiger partial charge in [-0.25, -0.2) is 8.42 Å². The molecule has 0 saturated heterocycles. The molecule has 0 aliphatic carbocycles. The third-order valence-electron chi connectivity index (χ3n) is 4.63. The van der Waals surface area contributed by atoms with E-state index in [1.807, 2.05) is 11.0 Å². The third-order valence-corrected chi connectivity index (χ3v) is 5.23. The Hall–Kier alpha value is -3.07. The van der Waals surface area contributed by atoms with Crippen molar-refractivity contribution >= 4 is 38.9 Å². The van der Waals surface area contributed by atoms with E-state index >= 15 is 0 Å². The first-order valence-electron chi connectivity index (χ1n) is 9.23. The van der Waals surface area contributed by atoms with E-state index in [1.54, 1.807) is 43.4 Å². The number of benzene rings is 2. The van der Waals surface area contributed by atoms with Crippen LogP contribution in [0.15, 0.2) is 42.5 Å². The summed E-state index contributed by atoms with van der Waals surface area (Å²) >= 11 is 0. The maximum absolute atomic E-state index is 12.5. The van der Waals surface area contributed by atoms with Crippen LogP contribution < -0.4 is 20.3 Å². The Balaban J connectivity index is 1.71. The van der Waals surface area contributed by atoms with Crippen LogP contribution in [-0.2, 0) is 21.2 Å². The van der Waals surface area contributed by atoms with Crippen LogP contribution >= 0.6 is 0 Å². The minimum atomic E-state index is -3.38. The van der Waals surface area contributed by atoms with Crippen molar-refractivity contribution in [1.29, 1.82) is 0 Å². The van der Waals surface area contributed by atoms with Crippen molar-refractivity contribution < 1.29 is 18.0 Å². The van der Waals surface area contributed by atoms with Crippen molar-refractivity contribution in [2.24, 2.45) is 0 Å². The van der Waals surface area contributed by atoms with Gasteiger partial charge < -0.3 is 15.5 Å². The van der Waals surface area contributed by atoms with Gasteiger partial charge in [0.1, 0.15) is 0 Å². The van der Waals surface area contributed by atoms with E-state index in [0.717, 1.165) is 30.3 Å². The normalized spacial score (nSPS) is 13.4. The molecule has 0 aromatic heterocycles. The molecule has 29 heavy (non-hydrogen) atoms. The van der Waals surface area contributed by atoms with Crippen LogP contribution in [0.4, 0.5) is 17.1 Å². The van der Waals surface area contributed by atoms with Gasteiger partial charge >= 0.3 is 0 Å². The summed E-state index contributed by atoms with van der Waals surface area (Å²) in [5.74, 6) is -0.377. The van der Waals surface area contributed by atoms with Gasteiger partial charge in [-0.3, -0.25) is 14.3 Å². The van der Waals surface area contributed by atoms with E-state index in [4.69, 9.17) is 0 Å². The van der Waals surface area contributed by atoms with Gasteiger partial charge in [0.05, 0.1) is 18.5 Å². The van der Waals surface area contributed by atoms with Gasteiger partial charge in [-0.05, 0) is 54.8 Å². The van der Waals surface area contributed by atoms with E-state index in [0.29, 0.717) is 23.5 Å². The fraction of sp³-hybridized carbons (Fsp3) is 0.300. The van der Waals surface area contributed by atoms with Gasteiger partial charge in [-0.15, -0.1) is 0 Å². The number of nitrogens with one attached hydrogen (secondary N) is 3. The summed E-state index contributed by atoms with van der Waals surface area (Å²) in [4.78, 5) is 26.1. The SMILES string of the molecule is CNC(=O)c1ccc(NC(=O)CN2CCCc3c(NS(C)(=O)=O)cccc32)cc1. The van der Waals surface area contributed by atoms with Crippen LogP contribution in [0.25, 0.3) is 0 Å². The number of carbonyl (C=O) groups excluding carboxylic acids is 2. The smallest absolute Gasteiger partial charge is 0.251 e. The first kappa shape index (κ1) is 20.7. The lowest BCUT2D eigenvalue weighted by molar-refractivity contribution is -0.115. The van der Waals surface area contributed by atoms with Crippen molar-refractivity contribution in [1.82, 2.24) is 5.32 Å². The number of hydrogen-bond donors (Lipinski definition) is 3. The molecule has 0 unspecified atom stereocenters. The van der Waals surface area contributed by atoms with E-state index in [9.17, 15) is 18.0 Å². The second kappa shape index (κ2) is 8.52. The van der Waals surface area contributed by atoms with Gasteiger partial charge in [-0.1, -0.05) is 6.07 Å². The summed E-state index contributed by atoms with van der Waals surface area (Å²) in [6, 6.07) is 12.1. The summed E-state index contributed by atoms with van der Waals surface area (Å²) in [6.07, 6.45) is 2.69. The molecule has 0 fully saturated rings. The number of anilines is 3. The lowest BCUT2D eigenvalue weighted by atomic mass is 10.00. The zero-order valence-electron chi connectivity index (χ0n) is 16.4. The first-order valence-corrected chi connectivity index (χ1v) is 11.1. The quantitative estimate of drug-likeness (QED) is 0.666. The van der Waals surface area contributed by atoms with Crippen LogP contribution in [0.3, 0.4) is 0 Å². The fourth-order valence-corrected chi connectivity index (χ4v) is 3.97. The summed E-state index contributed by atoms with van der Waals surface area (Å²) in [5.41, 5.74) is 3.43. The highest BCUT2D eigenvalue weighted by molar-refractivity contribution is 7.92. The molecule has 3 rings (SSSR count). The van der Waals surface area contributed by atoms with Gasteiger partial charge in [0.25, 0.3) is 5.91 Å². The molecular weight excluding hydrogens is 392 g/mol. The maximum atomic E-state index is 12.5. The van der Waals surface area contributed by atoms with Crippen molar-refractivity contribution in [3.63, 3.8) is 0 Å². The Morgan fingerprint density at radius 2 is 1.83 bits per heavy atom. The minimum Gasteiger partial charge on any atom is -0.362 e. The van der Waals surface area contributed by atoms with E-state index < -0.39 is 10.0 Å². The van der Waals surface area contributed by atoms with Crippen LogP contribution in [0.5, 0.6) is 0 Å². The molecule has 0 atom stereocenters. The molecular formula is C20H24N4O4S. The average molecular weight is 417 g/mol. The molecule has 0 spiro atoms. The summed E-state index contributed by atoms with van der Waals surface area (Å²) in [6.45, 7) is 0.852. The molecule has 2 amide bonds. The highest BCUT2D eigenvalue weighted by Crippen LogP contribution is 2.33. The molecule has 0 radical (unpaired) electrons. The molecule has 154 valence electrons. The zero-order valence-corrected chi connectivity index (χ0v) is 17.2. The molecule has 1 heterocycles. The Morgan fingerprint density at radius 3 is 2.48 bits per heavy atom. The van der Waals surface area contributed by atoms with Crippen LogP contribution in [0.1, 0.15) is 22.3 Å². The van der Waals surface area contributed by atoms with Crippen LogP contribution in [0.2, 0.25) is 0 Å². The van der Waals surface area contributed by atoms with E-state index in [2.05, 4.69) is 15.4 Å². The molecule has 1 aliphatic rings. The monoisotopic (exact) mass is 416 g/mol. The molecule has 3 N–H and O–H groups in total. The predicted octanol–water partition coefficient (Wildman–Crippen LogP) is 1.81. The average Bonchev–Trinajstić information content (AvgIpc) is 2.67. The van der Waals surface area contributed by atoms with Crippen molar-refractivity contribution in [2.75, 3.05) is 41.3 Å². The largest absolute Gasteiger partial charge is 0.362 e. The van der Waals surface area contributed by atoms with Crippen LogP contribution in [-0.4, -0.2) is 46.6 Å². The van der Waals surface area contributed by atoms with Gasteiger partial charge in [0, 0.05) is 30.5 Å². The molecule has 0 saturated carbocycles. The Kier molecular flexibility index (Phi) is 6.07. The Labute approximate surface area is 170 Å². The molecule has 1 aliphatic heterocycles. The summed E-state index contributed by atoms with van der Waals surface area (Å²) in [7, 11) is -1.82. The number of rotatable bonds is 6. The maximum Gasteiger partial charge on any atom is 0.251 e. The molecule has 8 nitrogen and oxygen atoms in total. The summed E-state index contributed by atoms with van der Waals surface area (Å²) < 4.78 is 25.8. The third kappa shape index (κ3) is 5.26. The highest BCUT2D eigenvalue weighted by Gasteiger charge is 2.22. The van der Waals surface area contributed by atoms with Gasteiger partial charge in [-0.2, -0.15) is 0 Å². The molecule has 0 bridgehead atoms. The van der Waals surface area contributed by atoms with Crippen molar-refractivity contribution in [3.05, 3.63) is 53.6 Å². The van der Waals surface area contributed by atoms with Crippen molar-refractivity contribution in [3.8, 4) is 0 Å². The Morgan fingerprint density at radius 1 is 1.10 bits per heavy atom. The number of amides is 2. The minimum absolute atomic E-state index is 0.145. The van der Waals surface area contributed by atoms with Gasteiger partial charge in [0.15, 0.2) is 0 Å². The Bertz CT molecular complexity index is 1020. The lowest BCUT2D eigenvalue weighted by Crippen LogP contribution is -2.37. The van der Waals surface area contributed by atoms with Crippen molar-refractivity contribution in [2.45, 2.75) is 12.8 Å². The second-order valence-corrected chi connectivity index (χ2v) is 8.66. The highest BCUT2D eigenvalue weighted by atomic mass is 32.2. The standard InChI is InChI=1S/C20H24N4O4S/c1-21-20(26)14-8-10-15(11-9-14)22-19(25)13-24-12-4-5-16-17(23-29(2,27)28)6-3-7-18(16)24/h3,6-11,23H,4-5,12-13H2,1-2H3,(H,21,26)(H,22,25). The van der Waals surface area contributed by atoms with E-state index in [-0.39, 0.29) is 18.4 Å². The van der Waals surface area contributed by atoms with E-state index in [1.165, 1.54) is 0 Å². The number of carbonyl (C=O) groups is 2. The number of nitrogens with zero attached hydrogens (tertiary/aromatic N) is 1. The fourth-order valence-electron chi connectivity index (χ4n) is 3.38. The number of fused-ring (bicyclic) bond motifs is 1. The van der Waals surface area contributed by atoms with Crippen LogP contribution in [0, 0.1) is 0 Å². The lowest BCUT2D eigenvalue weighted by Gasteiger charge is -2.32.